The molecular formula is C24H18F2N4O2S. The summed E-state index contributed by atoms with van der Waals surface area (Å²) in [6.45, 7) is 0. The predicted octanol–water partition coefficient (Wildman–Crippen LogP) is 5.33. The molecule has 4 rings (SSSR count). The van der Waals surface area contributed by atoms with Gasteiger partial charge in [-0.3, -0.25) is 9.78 Å². The highest BCUT2D eigenvalue weighted by Gasteiger charge is 2.16. The van der Waals surface area contributed by atoms with Crippen LogP contribution in [0.25, 0.3) is 11.1 Å². The second-order valence-electron chi connectivity index (χ2n) is 7.18. The molecule has 33 heavy (non-hydrogen) atoms. The molecule has 4 aromatic rings. The van der Waals surface area contributed by atoms with Crippen LogP contribution in [-0.4, -0.2) is 15.1 Å². The molecule has 1 amide bonds. The molecule has 1 atom stereocenters. The van der Waals surface area contributed by atoms with Gasteiger partial charge in [-0.25, -0.2) is 17.8 Å². The summed E-state index contributed by atoms with van der Waals surface area (Å²) in [5, 5.41) is 2.73. The first kappa shape index (κ1) is 22.1. The number of benzene rings is 3. The minimum absolute atomic E-state index is 0.0647. The highest BCUT2D eigenvalue weighted by atomic mass is 32.2. The van der Waals surface area contributed by atoms with Gasteiger partial charge in [-0.15, -0.1) is 0 Å². The molecule has 0 saturated carbocycles. The lowest BCUT2D eigenvalue weighted by Gasteiger charge is -2.12. The molecule has 0 aliphatic heterocycles. The Morgan fingerprint density at radius 1 is 0.848 bits per heavy atom. The standard InChI is InChI=1S/C24H18F2N4O2S/c25-18-6-1-15(2-7-18)17-5-10-22(27)23(11-17)30-24(31)16-3-8-20(9-4-16)33(28,32)21-12-19(26)13-29-14-21/h1-14,28H,27H2,(H,30,31). The third-order valence-corrected chi connectivity index (χ3v) is 6.76. The summed E-state index contributed by atoms with van der Waals surface area (Å²) >= 11 is 0. The minimum Gasteiger partial charge on any atom is -0.397 e. The van der Waals surface area contributed by atoms with Gasteiger partial charge < -0.3 is 11.1 Å². The summed E-state index contributed by atoms with van der Waals surface area (Å²) in [6, 6.07) is 17.6. The van der Waals surface area contributed by atoms with Crippen LogP contribution in [0.2, 0.25) is 0 Å². The molecule has 0 radical (unpaired) electrons. The summed E-state index contributed by atoms with van der Waals surface area (Å²) in [4.78, 5) is 16.4. The van der Waals surface area contributed by atoms with Gasteiger partial charge in [0.15, 0.2) is 0 Å². The van der Waals surface area contributed by atoms with Crippen LogP contribution in [0.4, 0.5) is 20.2 Å². The van der Waals surface area contributed by atoms with E-state index in [1.165, 1.54) is 42.6 Å². The molecule has 0 aliphatic carbocycles. The molecule has 1 unspecified atom stereocenters. The van der Waals surface area contributed by atoms with E-state index in [-0.39, 0.29) is 21.2 Å². The van der Waals surface area contributed by atoms with Crippen LogP contribution >= 0.6 is 0 Å². The first-order chi connectivity index (χ1) is 15.7. The van der Waals surface area contributed by atoms with Crippen LogP contribution in [0, 0.1) is 16.4 Å². The maximum atomic E-state index is 13.4. The Labute approximate surface area is 189 Å². The van der Waals surface area contributed by atoms with E-state index in [0.717, 1.165) is 23.4 Å². The summed E-state index contributed by atoms with van der Waals surface area (Å²) in [5.41, 5.74) is 8.47. The van der Waals surface area contributed by atoms with Crippen molar-refractivity contribution in [1.82, 2.24) is 4.98 Å². The lowest BCUT2D eigenvalue weighted by molar-refractivity contribution is 0.102. The molecule has 0 bridgehead atoms. The molecule has 0 saturated heterocycles. The van der Waals surface area contributed by atoms with E-state index < -0.39 is 21.5 Å². The van der Waals surface area contributed by atoms with Crippen LogP contribution in [0.1, 0.15) is 10.4 Å². The minimum atomic E-state index is -3.49. The van der Waals surface area contributed by atoms with Crippen LogP contribution in [0.5, 0.6) is 0 Å². The average molecular weight is 464 g/mol. The van der Waals surface area contributed by atoms with Gasteiger partial charge in [-0.1, -0.05) is 18.2 Å². The number of nitrogens with one attached hydrogen (secondary N) is 2. The average Bonchev–Trinajstić information content (AvgIpc) is 2.81. The molecule has 3 aromatic carbocycles. The number of hydrogen-bond acceptors (Lipinski definition) is 5. The largest absolute Gasteiger partial charge is 0.397 e. The summed E-state index contributed by atoms with van der Waals surface area (Å²) < 4.78 is 47.7. The van der Waals surface area contributed by atoms with E-state index in [1.54, 1.807) is 30.3 Å². The van der Waals surface area contributed by atoms with Gasteiger partial charge in [-0.2, -0.15) is 0 Å². The number of carbonyl (C=O) groups is 1. The Morgan fingerprint density at radius 3 is 2.18 bits per heavy atom. The number of nitrogens with two attached hydrogens (primary N) is 1. The Kier molecular flexibility index (Phi) is 5.89. The van der Waals surface area contributed by atoms with E-state index in [9.17, 15) is 17.8 Å². The summed E-state index contributed by atoms with van der Waals surface area (Å²) in [7, 11) is -3.49. The van der Waals surface area contributed by atoms with E-state index in [1.807, 2.05) is 0 Å². The zero-order chi connectivity index (χ0) is 23.6. The second-order valence-corrected chi connectivity index (χ2v) is 9.24. The van der Waals surface area contributed by atoms with E-state index in [0.29, 0.717) is 11.4 Å². The molecule has 1 heterocycles. The predicted molar refractivity (Wildman–Crippen MR) is 122 cm³/mol. The lowest BCUT2D eigenvalue weighted by Crippen LogP contribution is -2.13. The van der Waals surface area contributed by atoms with Gasteiger partial charge in [0.2, 0.25) is 0 Å². The van der Waals surface area contributed by atoms with E-state index in [2.05, 4.69) is 10.3 Å². The normalized spacial score (nSPS) is 12.7. The van der Waals surface area contributed by atoms with E-state index in [4.69, 9.17) is 10.5 Å². The van der Waals surface area contributed by atoms with Crippen molar-refractivity contribution in [2.24, 2.45) is 0 Å². The van der Waals surface area contributed by atoms with Crippen LogP contribution < -0.4 is 11.1 Å². The first-order valence-corrected chi connectivity index (χ1v) is 11.3. The number of amides is 1. The van der Waals surface area contributed by atoms with Crippen molar-refractivity contribution in [2.75, 3.05) is 11.1 Å². The number of anilines is 2. The molecule has 0 spiro atoms. The fourth-order valence-corrected chi connectivity index (χ4v) is 4.44. The maximum absolute atomic E-state index is 13.4. The van der Waals surface area contributed by atoms with Crippen molar-refractivity contribution >= 4 is 27.0 Å². The molecule has 4 N–H and O–H groups in total. The van der Waals surface area contributed by atoms with Gasteiger partial charge in [0.05, 0.1) is 27.4 Å². The van der Waals surface area contributed by atoms with Crippen LogP contribution in [-0.2, 0) is 9.73 Å². The molecule has 0 aliphatic rings. The summed E-state index contributed by atoms with van der Waals surface area (Å²) in [6.07, 6.45) is 2.14. The molecule has 9 heteroatoms. The van der Waals surface area contributed by atoms with Gasteiger partial charge >= 0.3 is 0 Å². The molecule has 166 valence electrons. The number of aromatic nitrogens is 1. The van der Waals surface area contributed by atoms with Gasteiger partial charge in [0.1, 0.15) is 21.4 Å². The Hall–Kier alpha value is -4.11. The monoisotopic (exact) mass is 464 g/mol. The highest BCUT2D eigenvalue weighted by molar-refractivity contribution is 7.92. The third-order valence-electron chi connectivity index (χ3n) is 4.94. The maximum Gasteiger partial charge on any atom is 0.255 e. The molecular weight excluding hydrogens is 446 g/mol. The van der Waals surface area contributed by atoms with Crippen molar-refractivity contribution in [3.63, 3.8) is 0 Å². The van der Waals surface area contributed by atoms with Crippen LogP contribution in [0.3, 0.4) is 0 Å². The Morgan fingerprint density at radius 2 is 1.52 bits per heavy atom. The number of halogens is 2. The number of rotatable bonds is 5. The van der Waals surface area contributed by atoms with Crippen molar-refractivity contribution in [1.29, 1.82) is 4.78 Å². The zero-order valence-corrected chi connectivity index (χ0v) is 17.9. The topological polar surface area (TPSA) is 109 Å². The van der Waals surface area contributed by atoms with Crippen molar-refractivity contribution in [3.05, 3.63) is 102 Å². The molecule has 1 aromatic heterocycles. The number of hydrogen-bond donors (Lipinski definition) is 3. The first-order valence-electron chi connectivity index (χ1n) is 9.70. The van der Waals surface area contributed by atoms with Gasteiger partial charge in [0.25, 0.3) is 5.91 Å². The lowest BCUT2D eigenvalue weighted by atomic mass is 10.0. The SMILES string of the molecule is N=S(=O)(c1ccc(C(=O)Nc2cc(-c3ccc(F)cc3)ccc2N)cc1)c1cncc(F)c1. The summed E-state index contributed by atoms with van der Waals surface area (Å²) in [5.74, 6) is -1.51. The van der Waals surface area contributed by atoms with Gasteiger partial charge in [-0.05, 0) is 65.7 Å². The smallest absolute Gasteiger partial charge is 0.255 e. The third kappa shape index (κ3) is 4.73. The Bertz CT molecular complexity index is 1440. The number of pyridine rings is 1. The quantitative estimate of drug-likeness (QED) is 0.347. The molecule has 6 nitrogen and oxygen atoms in total. The fraction of sp³-hybridized carbons (Fsp3) is 0. The number of nitrogens with zero attached hydrogens (tertiary/aromatic N) is 1. The van der Waals surface area contributed by atoms with Crippen molar-refractivity contribution < 1.29 is 17.8 Å². The Balaban J connectivity index is 1.56. The highest BCUT2D eigenvalue weighted by Crippen LogP contribution is 2.28. The number of nitrogen functional groups attached to an aromatic ring is 1. The number of carbonyl (C=O) groups excluding carboxylic acids is 1. The zero-order valence-electron chi connectivity index (χ0n) is 17.1. The van der Waals surface area contributed by atoms with Crippen LogP contribution in [0.15, 0.2) is 95.0 Å². The van der Waals surface area contributed by atoms with E-state index >= 15 is 0 Å². The second kappa shape index (κ2) is 8.79. The van der Waals surface area contributed by atoms with Crippen molar-refractivity contribution in [3.8, 4) is 11.1 Å². The van der Waals surface area contributed by atoms with Gasteiger partial charge in [0, 0.05) is 11.8 Å². The van der Waals surface area contributed by atoms with Crippen molar-refractivity contribution in [2.45, 2.75) is 9.79 Å². The molecule has 0 fully saturated rings. The fourth-order valence-electron chi connectivity index (χ4n) is 3.16.